The Hall–Kier alpha value is -2.62. The quantitative estimate of drug-likeness (QED) is 0.817. The van der Waals surface area contributed by atoms with Crippen molar-refractivity contribution in [2.45, 2.75) is 11.8 Å². The molecule has 0 bridgehead atoms. The fourth-order valence-corrected chi connectivity index (χ4v) is 4.70. The number of aryl methyl sites for hydroxylation is 1. The van der Waals surface area contributed by atoms with Gasteiger partial charge < -0.3 is 19.5 Å². The lowest BCUT2D eigenvalue weighted by Gasteiger charge is -2.26. The molecule has 4 rings (SSSR count). The number of hydrogen-bond acceptors (Lipinski definition) is 6. The standard InChI is InChI=1S/C20H22N2O6S/c1-14-2-4-16(29(24,25)22-6-8-26-9-7-22)13-17(14)20(23)21-15-3-5-18-19(12-15)28-11-10-27-18/h2-5,12-13H,6-11H2,1H3,(H,21,23). The van der Waals surface area contributed by atoms with Crippen LogP contribution in [0.15, 0.2) is 41.3 Å². The molecule has 154 valence electrons. The minimum Gasteiger partial charge on any atom is -0.486 e. The number of nitrogens with zero attached hydrogens (tertiary/aromatic N) is 1. The summed E-state index contributed by atoms with van der Waals surface area (Å²) in [6.45, 7) is 4.03. The van der Waals surface area contributed by atoms with Crippen molar-refractivity contribution in [1.82, 2.24) is 4.31 Å². The number of morpholine rings is 1. The summed E-state index contributed by atoms with van der Waals surface area (Å²) >= 11 is 0. The van der Waals surface area contributed by atoms with E-state index in [0.717, 1.165) is 0 Å². The van der Waals surface area contributed by atoms with Gasteiger partial charge in [-0.25, -0.2) is 8.42 Å². The molecular weight excluding hydrogens is 396 g/mol. The highest BCUT2D eigenvalue weighted by Crippen LogP contribution is 2.33. The minimum atomic E-state index is -3.68. The van der Waals surface area contributed by atoms with Gasteiger partial charge in [-0.1, -0.05) is 6.07 Å². The van der Waals surface area contributed by atoms with Crippen LogP contribution in [0, 0.1) is 6.92 Å². The van der Waals surface area contributed by atoms with Crippen molar-refractivity contribution in [2.75, 3.05) is 44.8 Å². The third kappa shape index (κ3) is 4.07. The first kappa shape index (κ1) is 19.7. The Labute approximate surface area is 169 Å². The molecule has 0 unspecified atom stereocenters. The van der Waals surface area contributed by atoms with Crippen molar-refractivity contribution in [3.63, 3.8) is 0 Å². The van der Waals surface area contributed by atoms with Crippen LogP contribution in [-0.2, 0) is 14.8 Å². The number of rotatable bonds is 4. The van der Waals surface area contributed by atoms with Gasteiger partial charge in [-0.05, 0) is 36.8 Å². The predicted molar refractivity (Wildman–Crippen MR) is 106 cm³/mol. The van der Waals surface area contributed by atoms with Crippen molar-refractivity contribution in [2.24, 2.45) is 0 Å². The van der Waals surface area contributed by atoms with Gasteiger partial charge in [-0.15, -0.1) is 0 Å². The number of amides is 1. The van der Waals surface area contributed by atoms with Crippen LogP contribution in [-0.4, -0.2) is 58.1 Å². The van der Waals surface area contributed by atoms with Gasteiger partial charge in [0, 0.05) is 30.4 Å². The molecule has 1 saturated heterocycles. The molecule has 2 aliphatic rings. The molecule has 0 saturated carbocycles. The molecule has 2 aliphatic heterocycles. The Morgan fingerprint density at radius 3 is 2.45 bits per heavy atom. The summed E-state index contributed by atoms with van der Waals surface area (Å²) in [5.74, 6) is 0.802. The summed E-state index contributed by atoms with van der Waals surface area (Å²) in [4.78, 5) is 12.9. The lowest BCUT2D eigenvalue weighted by atomic mass is 10.1. The Morgan fingerprint density at radius 2 is 1.69 bits per heavy atom. The number of fused-ring (bicyclic) bond motifs is 1. The molecule has 8 nitrogen and oxygen atoms in total. The SMILES string of the molecule is Cc1ccc(S(=O)(=O)N2CCOCC2)cc1C(=O)Nc1ccc2c(c1)OCCO2. The molecule has 0 aliphatic carbocycles. The van der Waals surface area contributed by atoms with E-state index in [1.807, 2.05) is 0 Å². The van der Waals surface area contributed by atoms with E-state index in [2.05, 4.69) is 5.32 Å². The lowest BCUT2D eigenvalue weighted by molar-refractivity contribution is 0.0730. The topological polar surface area (TPSA) is 94.2 Å². The van der Waals surface area contributed by atoms with E-state index in [0.29, 0.717) is 67.8 Å². The molecule has 2 heterocycles. The summed E-state index contributed by atoms with van der Waals surface area (Å²) in [5, 5.41) is 2.80. The number of nitrogens with one attached hydrogen (secondary N) is 1. The molecule has 29 heavy (non-hydrogen) atoms. The second kappa shape index (κ2) is 8.02. The maximum atomic E-state index is 12.9. The smallest absolute Gasteiger partial charge is 0.255 e. The molecule has 1 fully saturated rings. The van der Waals surface area contributed by atoms with Crippen LogP contribution in [0.1, 0.15) is 15.9 Å². The Bertz CT molecular complexity index is 1030. The highest BCUT2D eigenvalue weighted by atomic mass is 32.2. The van der Waals surface area contributed by atoms with Crippen LogP contribution in [0.2, 0.25) is 0 Å². The summed E-state index contributed by atoms with van der Waals surface area (Å²) in [5.41, 5.74) is 1.52. The van der Waals surface area contributed by atoms with E-state index in [1.54, 1.807) is 31.2 Å². The minimum absolute atomic E-state index is 0.0947. The number of carbonyl (C=O) groups excluding carboxylic acids is 1. The van der Waals surface area contributed by atoms with Crippen molar-refractivity contribution in [3.05, 3.63) is 47.5 Å². The zero-order valence-electron chi connectivity index (χ0n) is 16.0. The highest BCUT2D eigenvalue weighted by molar-refractivity contribution is 7.89. The number of ether oxygens (including phenoxy) is 3. The molecule has 2 aromatic rings. The van der Waals surface area contributed by atoms with E-state index in [1.165, 1.54) is 16.4 Å². The molecule has 2 aromatic carbocycles. The van der Waals surface area contributed by atoms with E-state index in [9.17, 15) is 13.2 Å². The first-order valence-corrected chi connectivity index (χ1v) is 10.8. The van der Waals surface area contributed by atoms with Gasteiger partial charge in [0.1, 0.15) is 13.2 Å². The summed E-state index contributed by atoms with van der Waals surface area (Å²) < 4.78 is 43.4. The van der Waals surface area contributed by atoms with Crippen LogP contribution >= 0.6 is 0 Å². The molecule has 1 N–H and O–H groups in total. The van der Waals surface area contributed by atoms with Crippen molar-refractivity contribution in [1.29, 1.82) is 0 Å². The van der Waals surface area contributed by atoms with Crippen LogP contribution in [0.5, 0.6) is 11.5 Å². The van der Waals surface area contributed by atoms with Gasteiger partial charge in [0.2, 0.25) is 10.0 Å². The zero-order valence-corrected chi connectivity index (χ0v) is 16.8. The molecule has 1 amide bonds. The number of anilines is 1. The Kier molecular flexibility index (Phi) is 5.44. The largest absolute Gasteiger partial charge is 0.486 e. The third-order valence-electron chi connectivity index (χ3n) is 4.86. The highest BCUT2D eigenvalue weighted by Gasteiger charge is 2.27. The van der Waals surface area contributed by atoms with Crippen molar-refractivity contribution in [3.8, 4) is 11.5 Å². The number of sulfonamides is 1. The normalized spacial score (nSPS) is 17.0. The monoisotopic (exact) mass is 418 g/mol. The van der Waals surface area contributed by atoms with Gasteiger partial charge in [0.15, 0.2) is 11.5 Å². The van der Waals surface area contributed by atoms with Crippen molar-refractivity contribution >= 4 is 21.6 Å². The summed E-state index contributed by atoms with van der Waals surface area (Å²) in [6, 6.07) is 9.74. The number of benzene rings is 2. The molecule has 9 heteroatoms. The Balaban J connectivity index is 1.58. The molecule has 0 atom stereocenters. The van der Waals surface area contributed by atoms with Gasteiger partial charge >= 0.3 is 0 Å². The fraction of sp³-hybridized carbons (Fsp3) is 0.350. The fourth-order valence-electron chi connectivity index (χ4n) is 3.26. The van der Waals surface area contributed by atoms with Crippen LogP contribution in [0.25, 0.3) is 0 Å². The van der Waals surface area contributed by atoms with E-state index >= 15 is 0 Å². The van der Waals surface area contributed by atoms with Crippen molar-refractivity contribution < 1.29 is 27.4 Å². The van der Waals surface area contributed by atoms with E-state index in [-0.39, 0.29) is 4.90 Å². The van der Waals surface area contributed by atoms with Gasteiger partial charge in [-0.2, -0.15) is 4.31 Å². The van der Waals surface area contributed by atoms with Gasteiger partial charge in [-0.3, -0.25) is 4.79 Å². The maximum absolute atomic E-state index is 12.9. The molecular formula is C20H22N2O6S. The molecule has 0 aromatic heterocycles. The maximum Gasteiger partial charge on any atom is 0.255 e. The number of hydrogen-bond donors (Lipinski definition) is 1. The van der Waals surface area contributed by atoms with Crippen LogP contribution < -0.4 is 14.8 Å². The van der Waals surface area contributed by atoms with Gasteiger partial charge in [0.25, 0.3) is 5.91 Å². The average Bonchev–Trinajstić information content (AvgIpc) is 2.74. The van der Waals surface area contributed by atoms with E-state index < -0.39 is 15.9 Å². The van der Waals surface area contributed by atoms with Crippen LogP contribution in [0.4, 0.5) is 5.69 Å². The number of carbonyl (C=O) groups is 1. The average molecular weight is 418 g/mol. The zero-order chi connectivity index (χ0) is 20.4. The lowest BCUT2D eigenvalue weighted by Crippen LogP contribution is -2.40. The first-order valence-electron chi connectivity index (χ1n) is 9.35. The summed E-state index contributed by atoms with van der Waals surface area (Å²) in [6.07, 6.45) is 0. The Morgan fingerprint density at radius 1 is 0.966 bits per heavy atom. The van der Waals surface area contributed by atoms with E-state index in [4.69, 9.17) is 14.2 Å². The van der Waals surface area contributed by atoms with Crippen LogP contribution in [0.3, 0.4) is 0 Å². The predicted octanol–water partition coefficient (Wildman–Crippen LogP) is 2.04. The third-order valence-corrected chi connectivity index (χ3v) is 6.76. The van der Waals surface area contributed by atoms with Gasteiger partial charge in [0.05, 0.1) is 18.1 Å². The molecule has 0 radical (unpaired) electrons. The first-order chi connectivity index (χ1) is 13.9. The second-order valence-corrected chi connectivity index (χ2v) is 8.74. The summed E-state index contributed by atoms with van der Waals surface area (Å²) in [7, 11) is -3.68. The molecule has 0 spiro atoms. The second-order valence-electron chi connectivity index (χ2n) is 6.81.